The van der Waals surface area contributed by atoms with Crippen LogP contribution in [-0.2, 0) is 6.54 Å². The van der Waals surface area contributed by atoms with Crippen LogP contribution < -0.4 is 5.32 Å². The van der Waals surface area contributed by atoms with Crippen LogP contribution in [0.1, 0.15) is 35.2 Å². The SMILES string of the molecule is Cc1cccc(C)c1NC(=O)N(Cc1ccccc1)C(C)c1ccccc1. The minimum Gasteiger partial charge on any atom is -0.313 e. The number of benzene rings is 3. The highest BCUT2D eigenvalue weighted by Crippen LogP contribution is 2.25. The molecule has 0 aliphatic heterocycles. The van der Waals surface area contributed by atoms with Crippen LogP contribution in [0.25, 0.3) is 0 Å². The molecule has 1 N–H and O–H groups in total. The number of carbonyl (C=O) groups excluding carboxylic acids is 1. The van der Waals surface area contributed by atoms with Crippen molar-refractivity contribution in [3.63, 3.8) is 0 Å². The molecule has 0 spiro atoms. The first-order chi connectivity index (χ1) is 13.1. The molecule has 0 radical (unpaired) electrons. The van der Waals surface area contributed by atoms with Gasteiger partial charge in [0.1, 0.15) is 0 Å². The maximum Gasteiger partial charge on any atom is 0.322 e. The average Bonchev–Trinajstić information content (AvgIpc) is 2.70. The molecule has 0 aromatic heterocycles. The van der Waals surface area contributed by atoms with E-state index in [1.807, 2.05) is 73.3 Å². The van der Waals surface area contributed by atoms with Crippen molar-refractivity contribution >= 4 is 11.7 Å². The summed E-state index contributed by atoms with van der Waals surface area (Å²) in [4.78, 5) is 15.1. The van der Waals surface area contributed by atoms with Crippen molar-refractivity contribution in [1.29, 1.82) is 0 Å². The summed E-state index contributed by atoms with van der Waals surface area (Å²) >= 11 is 0. The van der Waals surface area contributed by atoms with Gasteiger partial charge < -0.3 is 10.2 Å². The van der Waals surface area contributed by atoms with Gasteiger partial charge in [0.25, 0.3) is 0 Å². The van der Waals surface area contributed by atoms with Crippen LogP contribution in [0.3, 0.4) is 0 Å². The Kier molecular flexibility index (Phi) is 5.92. The van der Waals surface area contributed by atoms with E-state index in [9.17, 15) is 4.79 Å². The number of aryl methyl sites for hydroxylation is 2. The number of hydrogen-bond acceptors (Lipinski definition) is 1. The molecule has 1 unspecified atom stereocenters. The normalized spacial score (nSPS) is 11.7. The van der Waals surface area contributed by atoms with Crippen molar-refractivity contribution < 1.29 is 4.79 Å². The summed E-state index contributed by atoms with van der Waals surface area (Å²) in [5, 5.41) is 3.14. The van der Waals surface area contributed by atoms with Crippen LogP contribution in [0.4, 0.5) is 10.5 Å². The van der Waals surface area contributed by atoms with Crippen molar-refractivity contribution in [2.24, 2.45) is 0 Å². The van der Waals surface area contributed by atoms with Crippen LogP contribution in [0, 0.1) is 13.8 Å². The zero-order chi connectivity index (χ0) is 19.2. The molecular formula is C24H26N2O. The van der Waals surface area contributed by atoms with Gasteiger partial charge in [-0.3, -0.25) is 0 Å². The molecule has 3 rings (SSSR count). The summed E-state index contributed by atoms with van der Waals surface area (Å²) in [7, 11) is 0. The molecule has 3 aromatic rings. The summed E-state index contributed by atoms with van der Waals surface area (Å²) in [6.45, 7) is 6.66. The number of urea groups is 1. The van der Waals surface area contributed by atoms with Crippen molar-refractivity contribution in [3.8, 4) is 0 Å². The molecule has 3 nitrogen and oxygen atoms in total. The molecule has 0 saturated carbocycles. The molecule has 0 saturated heterocycles. The van der Waals surface area contributed by atoms with E-state index in [2.05, 4.69) is 36.5 Å². The van der Waals surface area contributed by atoms with Crippen molar-refractivity contribution in [1.82, 2.24) is 4.90 Å². The van der Waals surface area contributed by atoms with E-state index in [0.717, 1.165) is 27.9 Å². The summed E-state index contributed by atoms with van der Waals surface area (Å²) in [6.07, 6.45) is 0. The van der Waals surface area contributed by atoms with Gasteiger partial charge in [0.05, 0.1) is 6.04 Å². The summed E-state index contributed by atoms with van der Waals surface area (Å²) in [5.74, 6) is 0. The maximum absolute atomic E-state index is 13.3. The van der Waals surface area contributed by atoms with Crippen LogP contribution in [0.2, 0.25) is 0 Å². The number of anilines is 1. The molecule has 3 aromatic carbocycles. The minimum absolute atomic E-state index is 0.0456. The van der Waals surface area contributed by atoms with Gasteiger partial charge in [0, 0.05) is 12.2 Å². The van der Waals surface area contributed by atoms with E-state index >= 15 is 0 Å². The zero-order valence-corrected chi connectivity index (χ0v) is 16.1. The number of rotatable bonds is 5. The van der Waals surface area contributed by atoms with Gasteiger partial charge in [-0.05, 0) is 43.0 Å². The van der Waals surface area contributed by atoms with E-state index in [4.69, 9.17) is 0 Å². The molecule has 0 bridgehead atoms. The van der Waals surface area contributed by atoms with Crippen LogP contribution in [-0.4, -0.2) is 10.9 Å². The van der Waals surface area contributed by atoms with Gasteiger partial charge in [-0.15, -0.1) is 0 Å². The third-order valence-corrected chi connectivity index (χ3v) is 4.92. The molecule has 1 atom stereocenters. The quantitative estimate of drug-likeness (QED) is 0.587. The number of carbonyl (C=O) groups is 1. The highest BCUT2D eigenvalue weighted by molar-refractivity contribution is 5.91. The lowest BCUT2D eigenvalue weighted by Crippen LogP contribution is -2.37. The highest BCUT2D eigenvalue weighted by Gasteiger charge is 2.22. The molecule has 0 aliphatic rings. The molecular weight excluding hydrogens is 332 g/mol. The summed E-state index contributed by atoms with van der Waals surface area (Å²) in [6, 6.07) is 26.2. The Morgan fingerprint density at radius 1 is 0.852 bits per heavy atom. The van der Waals surface area contributed by atoms with E-state index in [1.165, 1.54) is 0 Å². The number of hydrogen-bond donors (Lipinski definition) is 1. The van der Waals surface area contributed by atoms with E-state index in [-0.39, 0.29) is 12.1 Å². The molecule has 2 amide bonds. The van der Waals surface area contributed by atoms with Gasteiger partial charge in [0.15, 0.2) is 0 Å². The first-order valence-corrected chi connectivity index (χ1v) is 9.29. The Bertz CT molecular complexity index is 871. The van der Waals surface area contributed by atoms with Gasteiger partial charge in [-0.25, -0.2) is 4.79 Å². The average molecular weight is 358 g/mol. The Balaban J connectivity index is 1.90. The van der Waals surface area contributed by atoms with E-state index in [1.54, 1.807) is 0 Å². The van der Waals surface area contributed by atoms with Crippen molar-refractivity contribution in [3.05, 3.63) is 101 Å². The minimum atomic E-state index is -0.0902. The topological polar surface area (TPSA) is 32.3 Å². The Hall–Kier alpha value is -3.07. The number of amides is 2. The van der Waals surface area contributed by atoms with Gasteiger partial charge in [-0.2, -0.15) is 0 Å². The number of nitrogens with one attached hydrogen (secondary N) is 1. The number of para-hydroxylation sites is 1. The molecule has 0 heterocycles. The first-order valence-electron chi connectivity index (χ1n) is 9.29. The fourth-order valence-electron chi connectivity index (χ4n) is 3.27. The van der Waals surface area contributed by atoms with Crippen molar-refractivity contribution in [2.45, 2.75) is 33.4 Å². The standard InChI is InChI=1S/C24H26N2O/c1-18-11-10-12-19(2)23(18)25-24(27)26(17-21-13-6-4-7-14-21)20(3)22-15-8-5-9-16-22/h4-16,20H,17H2,1-3H3,(H,25,27). The lowest BCUT2D eigenvalue weighted by atomic mass is 10.1. The smallest absolute Gasteiger partial charge is 0.313 e. The summed E-state index contributed by atoms with van der Waals surface area (Å²) < 4.78 is 0. The Labute approximate surface area is 161 Å². The van der Waals surface area contributed by atoms with Crippen LogP contribution in [0.5, 0.6) is 0 Å². The van der Waals surface area contributed by atoms with Crippen molar-refractivity contribution in [2.75, 3.05) is 5.32 Å². The lowest BCUT2D eigenvalue weighted by Gasteiger charge is -2.30. The molecule has 138 valence electrons. The third-order valence-electron chi connectivity index (χ3n) is 4.92. The van der Waals surface area contributed by atoms with Crippen LogP contribution in [0.15, 0.2) is 78.9 Å². The monoisotopic (exact) mass is 358 g/mol. The lowest BCUT2D eigenvalue weighted by molar-refractivity contribution is 0.189. The van der Waals surface area contributed by atoms with E-state index < -0.39 is 0 Å². The zero-order valence-electron chi connectivity index (χ0n) is 16.1. The first kappa shape index (κ1) is 18.7. The molecule has 27 heavy (non-hydrogen) atoms. The fourth-order valence-corrected chi connectivity index (χ4v) is 3.27. The van der Waals surface area contributed by atoms with E-state index in [0.29, 0.717) is 6.54 Å². The second kappa shape index (κ2) is 8.54. The van der Waals surface area contributed by atoms with Gasteiger partial charge >= 0.3 is 6.03 Å². The molecule has 0 aliphatic carbocycles. The predicted molar refractivity (Wildman–Crippen MR) is 112 cm³/mol. The largest absolute Gasteiger partial charge is 0.322 e. The fraction of sp³-hybridized carbons (Fsp3) is 0.208. The Morgan fingerprint density at radius 3 is 2.00 bits per heavy atom. The van der Waals surface area contributed by atoms with Gasteiger partial charge in [-0.1, -0.05) is 78.9 Å². The second-order valence-electron chi connectivity index (χ2n) is 6.90. The highest BCUT2D eigenvalue weighted by atomic mass is 16.2. The predicted octanol–water partition coefficient (Wildman–Crippen LogP) is 6.10. The van der Waals surface area contributed by atoms with Gasteiger partial charge in [0.2, 0.25) is 0 Å². The second-order valence-corrected chi connectivity index (χ2v) is 6.90. The van der Waals surface area contributed by atoms with Crippen LogP contribution >= 0.6 is 0 Å². The Morgan fingerprint density at radius 2 is 1.41 bits per heavy atom. The third kappa shape index (κ3) is 4.56. The maximum atomic E-state index is 13.3. The number of nitrogens with zero attached hydrogens (tertiary/aromatic N) is 1. The summed E-state index contributed by atoms with van der Waals surface area (Å²) in [5.41, 5.74) is 5.24. The molecule has 3 heteroatoms. The molecule has 0 fully saturated rings.